The third-order valence-electron chi connectivity index (χ3n) is 2.70. The lowest BCUT2D eigenvalue weighted by atomic mass is 9.88. The van der Waals surface area contributed by atoms with Gasteiger partial charge >= 0.3 is 0 Å². The second-order valence-corrected chi connectivity index (χ2v) is 5.46. The summed E-state index contributed by atoms with van der Waals surface area (Å²) in [5, 5.41) is 1.27. The molecule has 0 spiro atoms. The molecule has 2 nitrogen and oxygen atoms in total. The molecular formula is C14H19NO. The third kappa shape index (κ3) is 2.21. The van der Waals surface area contributed by atoms with Gasteiger partial charge in [-0.1, -0.05) is 20.8 Å². The molecule has 1 aromatic carbocycles. The molecule has 0 saturated heterocycles. The summed E-state index contributed by atoms with van der Waals surface area (Å²) in [6, 6.07) is 6.16. The Kier molecular flexibility index (Phi) is 2.66. The lowest BCUT2D eigenvalue weighted by Gasteiger charge is -2.17. The zero-order valence-corrected chi connectivity index (χ0v) is 10.4. The van der Waals surface area contributed by atoms with Crippen LogP contribution in [0, 0.1) is 5.41 Å². The van der Waals surface area contributed by atoms with Crippen molar-refractivity contribution in [2.75, 3.05) is 7.11 Å². The lowest BCUT2D eigenvalue weighted by Crippen LogP contribution is -2.08. The van der Waals surface area contributed by atoms with Gasteiger partial charge in [0.25, 0.3) is 0 Å². The maximum Gasteiger partial charge on any atom is 0.119 e. The lowest BCUT2D eigenvalue weighted by molar-refractivity contribution is 0.411. The standard InChI is InChI=1S/C14H19NO/c1-14(2,3)8-10-9-15-13-6-5-11(16-4)7-12(10)13/h5-7,9,15H,8H2,1-4H3. The van der Waals surface area contributed by atoms with Crippen molar-refractivity contribution in [2.45, 2.75) is 27.2 Å². The smallest absolute Gasteiger partial charge is 0.119 e. The number of ether oxygens (including phenoxy) is 1. The van der Waals surface area contributed by atoms with Gasteiger partial charge in [0.2, 0.25) is 0 Å². The van der Waals surface area contributed by atoms with Crippen LogP contribution in [0.1, 0.15) is 26.3 Å². The number of rotatable bonds is 2. The number of fused-ring (bicyclic) bond motifs is 1. The molecule has 0 aliphatic rings. The average Bonchev–Trinajstić information content (AvgIpc) is 2.58. The summed E-state index contributed by atoms with van der Waals surface area (Å²) in [7, 11) is 1.71. The molecule has 0 bridgehead atoms. The molecular weight excluding hydrogens is 198 g/mol. The molecule has 0 aliphatic carbocycles. The number of aromatic nitrogens is 1. The molecule has 86 valence electrons. The molecule has 2 rings (SSSR count). The van der Waals surface area contributed by atoms with E-state index in [1.807, 2.05) is 6.07 Å². The second-order valence-electron chi connectivity index (χ2n) is 5.46. The molecule has 0 unspecified atom stereocenters. The van der Waals surface area contributed by atoms with Crippen LogP contribution in [0.3, 0.4) is 0 Å². The molecule has 1 N–H and O–H groups in total. The summed E-state index contributed by atoms with van der Waals surface area (Å²) in [5.74, 6) is 0.919. The zero-order valence-electron chi connectivity index (χ0n) is 10.4. The van der Waals surface area contributed by atoms with Crippen molar-refractivity contribution < 1.29 is 4.74 Å². The van der Waals surface area contributed by atoms with Gasteiger partial charge < -0.3 is 9.72 Å². The molecule has 0 aliphatic heterocycles. The SMILES string of the molecule is COc1ccc2[nH]cc(CC(C)(C)C)c2c1. The quantitative estimate of drug-likeness (QED) is 0.814. The zero-order chi connectivity index (χ0) is 11.8. The van der Waals surface area contributed by atoms with E-state index in [0.717, 1.165) is 12.2 Å². The number of hydrogen-bond donors (Lipinski definition) is 1. The Morgan fingerprint density at radius 3 is 2.62 bits per heavy atom. The number of methoxy groups -OCH3 is 1. The Balaban J connectivity index is 2.46. The Bertz CT molecular complexity index is 491. The molecule has 1 aromatic heterocycles. The van der Waals surface area contributed by atoms with Crippen molar-refractivity contribution in [1.29, 1.82) is 0 Å². The molecule has 2 aromatic rings. The minimum Gasteiger partial charge on any atom is -0.497 e. The minimum absolute atomic E-state index is 0.304. The highest BCUT2D eigenvalue weighted by molar-refractivity contribution is 5.84. The summed E-state index contributed by atoms with van der Waals surface area (Å²) in [4.78, 5) is 3.31. The fourth-order valence-electron chi connectivity index (χ4n) is 2.00. The first-order chi connectivity index (χ1) is 7.49. The Hall–Kier alpha value is -1.44. The highest BCUT2D eigenvalue weighted by Crippen LogP contribution is 2.28. The van der Waals surface area contributed by atoms with E-state index in [1.54, 1.807) is 7.11 Å². The third-order valence-corrected chi connectivity index (χ3v) is 2.70. The van der Waals surface area contributed by atoms with Crippen LogP contribution in [0.4, 0.5) is 0 Å². The van der Waals surface area contributed by atoms with E-state index in [2.05, 4.69) is 44.1 Å². The van der Waals surface area contributed by atoms with Gasteiger partial charge in [0.05, 0.1) is 7.11 Å². The van der Waals surface area contributed by atoms with Gasteiger partial charge in [-0.05, 0) is 35.6 Å². The van der Waals surface area contributed by atoms with E-state index in [0.29, 0.717) is 5.41 Å². The Morgan fingerprint density at radius 2 is 2.00 bits per heavy atom. The molecule has 2 heteroatoms. The van der Waals surface area contributed by atoms with Gasteiger partial charge in [-0.3, -0.25) is 0 Å². The summed E-state index contributed by atoms with van der Waals surface area (Å²) >= 11 is 0. The molecule has 0 atom stereocenters. The Labute approximate surface area is 96.6 Å². The van der Waals surface area contributed by atoms with E-state index in [9.17, 15) is 0 Å². The minimum atomic E-state index is 0.304. The van der Waals surface area contributed by atoms with Gasteiger partial charge in [-0.15, -0.1) is 0 Å². The van der Waals surface area contributed by atoms with Crippen LogP contribution in [0.2, 0.25) is 0 Å². The summed E-state index contributed by atoms with van der Waals surface area (Å²) in [5.41, 5.74) is 2.85. The number of aromatic amines is 1. The fourth-order valence-corrected chi connectivity index (χ4v) is 2.00. The number of H-pyrrole nitrogens is 1. The molecule has 0 fully saturated rings. The molecule has 0 amide bonds. The topological polar surface area (TPSA) is 25.0 Å². The fraction of sp³-hybridized carbons (Fsp3) is 0.429. The van der Waals surface area contributed by atoms with Crippen molar-refractivity contribution in [2.24, 2.45) is 5.41 Å². The molecule has 0 saturated carbocycles. The predicted molar refractivity (Wildman–Crippen MR) is 68.0 cm³/mol. The van der Waals surface area contributed by atoms with Crippen molar-refractivity contribution in [3.63, 3.8) is 0 Å². The number of nitrogens with one attached hydrogen (secondary N) is 1. The van der Waals surface area contributed by atoms with Crippen molar-refractivity contribution in [1.82, 2.24) is 4.98 Å². The van der Waals surface area contributed by atoms with Gasteiger partial charge in [0, 0.05) is 17.1 Å². The van der Waals surface area contributed by atoms with Crippen LogP contribution in [-0.4, -0.2) is 12.1 Å². The van der Waals surface area contributed by atoms with Crippen molar-refractivity contribution in [3.8, 4) is 5.75 Å². The van der Waals surface area contributed by atoms with Crippen LogP contribution >= 0.6 is 0 Å². The number of benzene rings is 1. The number of hydrogen-bond acceptors (Lipinski definition) is 1. The highest BCUT2D eigenvalue weighted by atomic mass is 16.5. The Morgan fingerprint density at radius 1 is 1.25 bits per heavy atom. The summed E-state index contributed by atoms with van der Waals surface area (Å²) in [6.07, 6.45) is 3.18. The van der Waals surface area contributed by atoms with Crippen LogP contribution in [0.5, 0.6) is 5.75 Å². The van der Waals surface area contributed by atoms with E-state index in [1.165, 1.54) is 16.5 Å². The van der Waals surface area contributed by atoms with Gasteiger partial charge in [-0.25, -0.2) is 0 Å². The van der Waals surface area contributed by atoms with E-state index < -0.39 is 0 Å². The van der Waals surface area contributed by atoms with Crippen molar-refractivity contribution in [3.05, 3.63) is 30.0 Å². The van der Waals surface area contributed by atoms with E-state index in [4.69, 9.17) is 4.74 Å². The first kappa shape index (κ1) is 11.1. The first-order valence-electron chi connectivity index (χ1n) is 5.63. The maximum absolute atomic E-state index is 5.26. The van der Waals surface area contributed by atoms with E-state index >= 15 is 0 Å². The summed E-state index contributed by atoms with van der Waals surface area (Å²) < 4.78 is 5.26. The van der Waals surface area contributed by atoms with Crippen LogP contribution in [-0.2, 0) is 6.42 Å². The maximum atomic E-state index is 5.26. The molecule has 16 heavy (non-hydrogen) atoms. The van der Waals surface area contributed by atoms with Crippen LogP contribution in [0.25, 0.3) is 10.9 Å². The predicted octanol–water partition coefficient (Wildman–Crippen LogP) is 3.77. The van der Waals surface area contributed by atoms with Gasteiger partial charge in [0.1, 0.15) is 5.75 Å². The van der Waals surface area contributed by atoms with Crippen LogP contribution < -0.4 is 4.74 Å². The highest BCUT2D eigenvalue weighted by Gasteiger charge is 2.14. The first-order valence-corrected chi connectivity index (χ1v) is 5.63. The normalized spacial score (nSPS) is 12.0. The van der Waals surface area contributed by atoms with Gasteiger partial charge in [0.15, 0.2) is 0 Å². The summed E-state index contributed by atoms with van der Waals surface area (Å²) in [6.45, 7) is 6.77. The van der Waals surface area contributed by atoms with Gasteiger partial charge in [-0.2, -0.15) is 0 Å². The average molecular weight is 217 g/mol. The molecule has 1 heterocycles. The van der Waals surface area contributed by atoms with E-state index in [-0.39, 0.29) is 0 Å². The largest absolute Gasteiger partial charge is 0.497 e. The van der Waals surface area contributed by atoms with Crippen LogP contribution in [0.15, 0.2) is 24.4 Å². The van der Waals surface area contributed by atoms with Crippen molar-refractivity contribution >= 4 is 10.9 Å². The monoisotopic (exact) mass is 217 g/mol. The second kappa shape index (κ2) is 3.85. The molecule has 0 radical (unpaired) electrons.